The first-order valence-electron chi connectivity index (χ1n) is 16.0. The Morgan fingerprint density at radius 3 is 1.00 bits per heavy atom. The van der Waals surface area contributed by atoms with Crippen molar-refractivity contribution in [3.05, 3.63) is 0 Å². The molecule has 0 heterocycles. The highest BCUT2D eigenvalue weighted by Gasteiger charge is 2.37. The van der Waals surface area contributed by atoms with Crippen LogP contribution in [0.15, 0.2) is 0 Å². The van der Waals surface area contributed by atoms with E-state index in [0.29, 0.717) is 11.8 Å². The van der Waals surface area contributed by atoms with Gasteiger partial charge in [-0.05, 0) is 63.2 Å². The van der Waals surface area contributed by atoms with Crippen LogP contribution in [0, 0.1) is 17.8 Å². The Hall–Kier alpha value is -0.530. The van der Waals surface area contributed by atoms with Gasteiger partial charge in [-0.2, -0.15) is 0 Å². The molecule has 0 aliphatic heterocycles. The van der Waals surface area contributed by atoms with E-state index < -0.39 is 0 Å². The molecule has 0 aromatic carbocycles. The molecular formula is C32H58O2. The molecule has 3 aliphatic carbocycles. The van der Waals surface area contributed by atoms with Crippen molar-refractivity contribution < 1.29 is 9.53 Å². The Morgan fingerprint density at radius 2 is 0.676 bits per heavy atom. The van der Waals surface area contributed by atoms with Crippen LogP contribution in [0.3, 0.4) is 0 Å². The van der Waals surface area contributed by atoms with Gasteiger partial charge < -0.3 is 4.74 Å². The van der Waals surface area contributed by atoms with Crippen LogP contribution in [-0.2, 0) is 9.53 Å². The zero-order valence-electron chi connectivity index (χ0n) is 22.7. The van der Waals surface area contributed by atoms with Gasteiger partial charge in [0.05, 0.1) is 5.92 Å². The molecule has 0 N–H and O–H groups in total. The summed E-state index contributed by atoms with van der Waals surface area (Å²) in [6.07, 6.45) is 35.9. The van der Waals surface area contributed by atoms with E-state index in [1.165, 1.54) is 161 Å². The van der Waals surface area contributed by atoms with Crippen LogP contribution < -0.4 is 0 Å². The predicted molar refractivity (Wildman–Crippen MR) is 145 cm³/mol. The van der Waals surface area contributed by atoms with Gasteiger partial charge in [0.2, 0.25) is 0 Å². The Kier molecular flexibility index (Phi) is 14.7. The van der Waals surface area contributed by atoms with E-state index in [9.17, 15) is 4.79 Å². The Morgan fingerprint density at radius 1 is 0.412 bits per heavy atom. The minimum Gasteiger partial charge on any atom is -0.462 e. The minimum atomic E-state index is 0.175. The number of ether oxygens (including phenoxy) is 1. The van der Waals surface area contributed by atoms with Gasteiger partial charge in [-0.3, -0.25) is 4.79 Å². The van der Waals surface area contributed by atoms with Gasteiger partial charge in [0, 0.05) is 0 Å². The first-order chi connectivity index (χ1) is 16.8. The van der Waals surface area contributed by atoms with Crippen molar-refractivity contribution in [2.24, 2.45) is 17.8 Å². The normalized spacial score (nSPS) is 25.4. The molecular weight excluding hydrogens is 416 g/mol. The summed E-state index contributed by atoms with van der Waals surface area (Å²) in [5.41, 5.74) is 0. The Balaban J connectivity index is 1.71. The average molecular weight is 475 g/mol. The first-order valence-corrected chi connectivity index (χ1v) is 16.0. The third-order valence-corrected chi connectivity index (χ3v) is 9.42. The maximum atomic E-state index is 14.0. The van der Waals surface area contributed by atoms with Crippen molar-refractivity contribution in [2.75, 3.05) is 0 Å². The highest BCUT2D eigenvalue weighted by Crippen LogP contribution is 2.39. The number of carbonyl (C=O) groups is 1. The lowest BCUT2D eigenvalue weighted by Crippen LogP contribution is -2.35. The molecule has 3 saturated carbocycles. The van der Waals surface area contributed by atoms with Crippen LogP contribution in [0.4, 0.5) is 0 Å². The molecule has 34 heavy (non-hydrogen) atoms. The second-order valence-corrected chi connectivity index (χ2v) is 12.3. The van der Waals surface area contributed by atoms with Crippen molar-refractivity contribution in [2.45, 2.75) is 179 Å². The summed E-state index contributed by atoms with van der Waals surface area (Å²) in [4.78, 5) is 14.0. The van der Waals surface area contributed by atoms with E-state index in [4.69, 9.17) is 4.74 Å². The predicted octanol–water partition coefficient (Wildman–Crippen LogP) is 10.3. The molecule has 3 rings (SSSR count). The summed E-state index contributed by atoms with van der Waals surface area (Å²) >= 11 is 0. The molecule has 198 valence electrons. The second-order valence-electron chi connectivity index (χ2n) is 12.3. The maximum Gasteiger partial charge on any atom is 0.309 e. The van der Waals surface area contributed by atoms with Crippen LogP contribution in [0.2, 0.25) is 0 Å². The van der Waals surface area contributed by atoms with Crippen LogP contribution >= 0.6 is 0 Å². The number of hydrogen-bond acceptors (Lipinski definition) is 2. The van der Waals surface area contributed by atoms with E-state index in [2.05, 4.69) is 0 Å². The van der Waals surface area contributed by atoms with Crippen LogP contribution in [0.1, 0.15) is 173 Å². The molecule has 0 aromatic heterocycles. The molecule has 2 nitrogen and oxygen atoms in total. The Labute approximate surface area is 212 Å². The summed E-state index contributed by atoms with van der Waals surface area (Å²) in [6, 6.07) is 0. The monoisotopic (exact) mass is 474 g/mol. The fraction of sp³-hybridized carbons (Fsp3) is 0.969. The SMILES string of the molecule is O=C(OC1CCCCCCCCC1)C(C1CCCCCCCCC1)C1CCCCCCCCC1. The number of hydrogen-bond donors (Lipinski definition) is 0. The van der Waals surface area contributed by atoms with E-state index in [1.54, 1.807) is 0 Å². The van der Waals surface area contributed by atoms with E-state index >= 15 is 0 Å². The van der Waals surface area contributed by atoms with Crippen LogP contribution in [0.25, 0.3) is 0 Å². The van der Waals surface area contributed by atoms with Gasteiger partial charge in [-0.15, -0.1) is 0 Å². The fourth-order valence-corrected chi connectivity index (χ4v) is 7.30. The quantitative estimate of drug-likeness (QED) is 0.379. The molecule has 0 radical (unpaired) electrons. The molecule has 0 aromatic rings. The highest BCUT2D eigenvalue weighted by atomic mass is 16.5. The van der Waals surface area contributed by atoms with Gasteiger partial charge in [0.1, 0.15) is 6.10 Å². The van der Waals surface area contributed by atoms with Gasteiger partial charge in [0.25, 0.3) is 0 Å². The molecule has 0 amide bonds. The van der Waals surface area contributed by atoms with Crippen molar-refractivity contribution in [1.82, 2.24) is 0 Å². The topological polar surface area (TPSA) is 26.3 Å². The standard InChI is InChI=1S/C32H58O2/c33-32(34-30-26-20-14-8-3-9-15-21-27-30)31(28-22-16-10-4-1-5-11-17-23-28)29-24-18-12-6-2-7-13-19-25-29/h28-31H,1-27H2. The fourth-order valence-electron chi connectivity index (χ4n) is 7.30. The van der Waals surface area contributed by atoms with Gasteiger partial charge in [-0.25, -0.2) is 0 Å². The van der Waals surface area contributed by atoms with E-state index in [-0.39, 0.29) is 18.0 Å². The zero-order chi connectivity index (χ0) is 23.7. The van der Waals surface area contributed by atoms with Crippen LogP contribution in [-0.4, -0.2) is 12.1 Å². The number of carbonyl (C=O) groups excluding carboxylic acids is 1. The smallest absolute Gasteiger partial charge is 0.309 e. The van der Waals surface area contributed by atoms with Crippen molar-refractivity contribution in [1.29, 1.82) is 0 Å². The van der Waals surface area contributed by atoms with Crippen LogP contribution in [0.5, 0.6) is 0 Å². The van der Waals surface area contributed by atoms with Gasteiger partial charge in [0.15, 0.2) is 0 Å². The first kappa shape index (κ1) is 28.0. The summed E-state index contributed by atoms with van der Waals surface area (Å²) in [5, 5.41) is 0. The molecule has 2 heteroatoms. The average Bonchev–Trinajstić information content (AvgIpc) is 2.86. The van der Waals surface area contributed by atoms with Crippen molar-refractivity contribution in [3.63, 3.8) is 0 Å². The summed E-state index contributed by atoms with van der Waals surface area (Å²) in [5.74, 6) is 1.54. The molecule has 3 aliphatic rings. The van der Waals surface area contributed by atoms with Gasteiger partial charge in [-0.1, -0.05) is 122 Å². The molecule has 0 spiro atoms. The van der Waals surface area contributed by atoms with E-state index in [1.807, 2.05) is 0 Å². The Bertz CT molecular complexity index is 459. The molecule has 0 saturated heterocycles. The lowest BCUT2D eigenvalue weighted by Gasteiger charge is -2.35. The second kappa shape index (κ2) is 17.8. The summed E-state index contributed by atoms with van der Waals surface area (Å²) in [6.45, 7) is 0. The minimum absolute atomic E-state index is 0.175. The van der Waals surface area contributed by atoms with E-state index in [0.717, 1.165) is 12.8 Å². The van der Waals surface area contributed by atoms with Crippen molar-refractivity contribution >= 4 is 5.97 Å². The largest absolute Gasteiger partial charge is 0.462 e. The van der Waals surface area contributed by atoms with Gasteiger partial charge >= 0.3 is 5.97 Å². The maximum absolute atomic E-state index is 14.0. The number of rotatable bonds is 4. The molecule has 0 unspecified atom stereocenters. The zero-order valence-corrected chi connectivity index (χ0v) is 22.7. The highest BCUT2D eigenvalue weighted by molar-refractivity contribution is 5.73. The number of esters is 1. The summed E-state index contributed by atoms with van der Waals surface area (Å²) < 4.78 is 6.51. The lowest BCUT2D eigenvalue weighted by molar-refractivity contribution is -0.160. The molecule has 3 fully saturated rings. The van der Waals surface area contributed by atoms with Crippen molar-refractivity contribution in [3.8, 4) is 0 Å². The third kappa shape index (κ3) is 11.0. The molecule has 0 bridgehead atoms. The third-order valence-electron chi connectivity index (χ3n) is 9.42. The molecule has 0 atom stereocenters. The lowest BCUT2D eigenvalue weighted by atomic mass is 9.72. The summed E-state index contributed by atoms with van der Waals surface area (Å²) in [7, 11) is 0.